The number of hydrogen-bond acceptors (Lipinski definition) is 2. The Morgan fingerprint density at radius 1 is 1.07 bits per heavy atom. The largest absolute Gasteiger partial charge is 0.490 e. The fourth-order valence-corrected chi connectivity index (χ4v) is 7.39. The normalized spacial score (nSPS) is 40.3. The van der Waals surface area contributed by atoms with Crippen LogP contribution in [0.1, 0.15) is 88.2 Å². The molecule has 0 spiro atoms. The first kappa shape index (κ1) is 18.7. The highest BCUT2D eigenvalue weighted by molar-refractivity contribution is 5.41. The van der Waals surface area contributed by atoms with Crippen molar-refractivity contribution in [3.05, 3.63) is 42.0 Å². The summed E-state index contributed by atoms with van der Waals surface area (Å²) in [5.74, 6) is 3.09. The molecule has 0 aliphatic heterocycles. The van der Waals surface area contributed by atoms with Gasteiger partial charge in [0.25, 0.3) is 0 Å². The van der Waals surface area contributed by atoms with Gasteiger partial charge in [0, 0.05) is 5.41 Å². The Hall–Kier alpha value is -1.28. The molecule has 0 unspecified atom stereocenters. The molecule has 28 heavy (non-hydrogen) atoms. The van der Waals surface area contributed by atoms with Crippen molar-refractivity contribution in [2.75, 3.05) is 0 Å². The van der Waals surface area contributed by atoms with E-state index in [1.165, 1.54) is 50.5 Å². The standard InChI is InChI=1S/C26H36O2/c1-3-26(27)16-14-24-23-11-9-18-17-20(28-19-7-5-4-6-8-19)10-12-21(18)22(23)13-15-25(24,26)2/h3,10,12,17,19,22-24,27H,1,4-9,11,13-16H2,2H3/t22-,23-,24+,25+,26+/m1/s1. The highest BCUT2D eigenvalue weighted by Crippen LogP contribution is 2.64. The van der Waals surface area contributed by atoms with Crippen LogP contribution in [0, 0.1) is 17.3 Å². The molecule has 0 saturated heterocycles. The predicted molar refractivity (Wildman–Crippen MR) is 114 cm³/mol. The average Bonchev–Trinajstić information content (AvgIpc) is 3.00. The van der Waals surface area contributed by atoms with E-state index in [4.69, 9.17) is 4.74 Å². The molecular weight excluding hydrogens is 344 g/mol. The first-order valence-corrected chi connectivity index (χ1v) is 11.7. The highest BCUT2D eigenvalue weighted by Gasteiger charge is 2.60. The molecule has 0 heterocycles. The first-order chi connectivity index (χ1) is 13.5. The van der Waals surface area contributed by atoms with Crippen molar-refractivity contribution in [2.24, 2.45) is 17.3 Å². The van der Waals surface area contributed by atoms with Crippen LogP contribution in [0.15, 0.2) is 30.9 Å². The van der Waals surface area contributed by atoms with E-state index in [2.05, 4.69) is 31.7 Å². The smallest absolute Gasteiger partial charge is 0.120 e. The lowest BCUT2D eigenvalue weighted by molar-refractivity contribution is -0.0707. The van der Waals surface area contributed by atoms with E-state index < -0.39 is 5.60 Å². The number of aliphatic hydroxyl groups is 1. The second-order valence-corrected chi connectivity index (χ2v) is 10.3. The zero-order chi connectivity index (χ0) is 19.4. The third kappa shape index (κ3) is 2.78. The summed E-state index contributed by atoms with van der Waals surface area (Å²) in [5, 5.41) is 11.2. The summed E-state index contributed by atoms with van der Waals surface area (Å²) in [6.45, 7) is 6.32. The van der Waals surface area contributed by atoms with Crippen LogP contribution < -0.4 is 4.74 Å². The van der Waals surface area contributed by atoms with Gasteiger partial charge >= 0.3 is 0 Å². The quantitative estimate of drug-likeness (QED) is 0.635. The van der Waals surface area contributed by atoms with Crippen molar-refractivity contribution in [3.63, 3.8) is 0 Å². The number of rotatable bonds is 3. The SMILES string of the molecule is C=C[C@]1(O)CC[C@H]2[C@@H]3CCc4cc(OC5CCCCC5)ccc4[C@H]3CC[C@@]21C. The van der Waals surface area contributed by atoms with Crippen molar-refractivity contribution in [1.29, 1.82) is 0 Å². The minimum Gasteiger partial charge on any atom is -0.490 e. The van der Waals surface area contributed by atoms with Gasteiger partial charge in [0.1, 0.15) is 5.75 Å². The molecule has 5 rings (SSSR count). The molecule has 1 N–H and O–H groups in total. The fraction of sp³-hybridized carbons (Fsp3) is 0.692. The molecule has 152 valence electrons. The summed E-state index contributed by atoms with van der Waals surface area (Å²) in [7, 11) is 0. The van der Waals surface area contributed by atoms with Crippen molar-refractivity contribution in [1.82, 2.24) is 0 Å². The Kier molecular flexibility index (Phi) is 4.62. The Morgan fingerprint density at radius 3 is 2.68 bits per heavy atom. The molecule has 0 aromatic heterocycles. The van der Waals surface area contributed by atoms with Crippen LogP contribution in [0.2, 0.25) is 0 Å². The van der Waals surface area contributed by atoms with E-state index in [1.807, 2.05) is 6.08 Å². The molecule has 4 aliphatic carbocycles. The molecule has 0 amide bonds. The molecule has 4 aliphatic rings. The first-order valence-electron chi connectivity index (χ1n) is 11.7. The topological polar surface area (TPSA) is 29.5 Å². The fourth-order valence-electron chi connectivity index (χ4n) is 7.39. The van der Waals surface area contributed by atoms with E-state index in [9.17, 15) is 5.11 Å². The predicted octanol–water partition coefficient (Wildman–Crippen LogP) is 6.17. The third-order valence-corrected chi connectivity index (χ3v) is 9.11. The number of benzene rings is 1. The molecule has 3 fully saturated rings. The molecule has 1 aromatic carbocycles. The summed E-state index contributed by atoms with van der Waals surface area (Å²) in [6.07, 6.45) is 15.5. The van der Waals surface area contributed by atoms with Crippen molar-refractivity contribution >= 4 is 0 Å². The van der Waals surface area contributed by atoms with Gasteiger partial charge in [-0.05, 0) is 105 Å². The van der Waals surface area contributed by atoms with Gasteiger partial charge < -0.3 is 9.84 Å². The lowest BCUT2D eigenvalue weighted by atomic mass is 9.53. The zero-order valence-electron chi connectivity index (χ0n) is 17.5. The van der Waals surface area contributed by atoms with Crippen LogP contribution in [0.4, 0.5) is 0 Å². The molecule has 2 heteroatoms. The van der Waals surface area contributed by atoms with Crippen LogP contribution in [-0.4, -0.2) is 16.8 Å². The Labute approximate surface area is 170 Å². The van der Waals surface area contributed by atoms with Gasteiger partial charge in [-0.25, -0.2) is 0 Å². The maximum absolute atomic E-state index is 11.2. The van der Waals surface area contributed by atoms with Gasteiger partial charge in [0.05, 0.1) is 11.7 Å². The lowest BCUT2D eigenvalue weighted by Gasteiger charge is -2.52. The molecular formula is C26H36O2. The second kappa shape index (κ2) is 6.90. The van der Waals surface area contributed by atoms with Crippen LogP contribution in [-0.2, 0) is 6.42 Å². The Bertz CT molecular complexity index is 749. The van der Waals surface area contributed by atoms with Gasteiger partial charge in [-0.1, -0.05) is 25.5 Å². The van der Waals surface area contributed by atoms with Gasteiger partial charge in [-0.15, -0.1) is 6.58 Å². The summed E-state index contributed by atoms with van der Waals surface area (Å²) >= 11 is 0. The van der Waals surface area contributed by atoms with Crippen LogP contribution >= 0.6 is 0 Å². The van der Waals surface area contributed by atoms with Crippen LogP contribution in [0.3, 0.4) is 0 Å². The lowest BCUT2D eigenvalue weighted by Crippen LogP contribution is -2.49. The maximum Gasteiger partial charge on any atom is 0.120 e. The molecule has 0 radical (unpaired) electrons. The zero-order valence-corrected chi connectivity index (χ0v) is 17.5. The van der Waals surface area contributed by atoms with Crippen molar-refractivity contribution in [2.45, 2.75) is 95.2 Å². The summed E-state index contributed by atoms with van der Waals surface area (Å²) < 4.78 is 6.34. The van der Waals surface area contributed by atoms with E-state index in [-0.39, 0.29) is 5.41 Å². The van der Waals surface area contributed by atoms with Crippen molar-refractivity contribution < 1.29 is 9.84 Å². The van der Waals surface area contributed by atoms with Gasteiger partial charge in [0.2, 0.25) is 0 Å². The van der Waals surface area contributed by atoms with Gasteiger partial charge in [-0.3, -0.25) is 0 Å². The van der Waals surface area contributed by atoms with Crippen LogP contribution in [0.25, 0.3) is 0 Å². The molecule has 2 nitrogen and oxygen atoms in total. The van der Waals surface area contributed by atoms with E-state index in [0.717, 1.165) is 31.4 Å². The number of aryl methyl sites for hydroxylation is 1. The van der Waals surface area contributed by atoms with E-state index in [0.29, 0.717) is 23.9 Å². The Morgan fingerprint density at radius 2 is 1.89 bits per heavy atom. The third-order valence-electron chi connectivity index (χ3n) is 9.11. The van der Waals surface area contributed by atoms with Crippen molar-refractivity contribution in [3.8, 4) is 5.75 Å². The maximum atomic E-state index is 11.2. The minimum absolute atomic E-state index is 0.0114. The number of hydrogen-bond donors (Lipinski definition) is 1. The summed E-state index contributed by atoms with van der Waals surface area (Å²) in [4.78, 5) is 0. The summed E-state index contributed by atoms with van der Waals surface area (Å²) in [6, 6.07) is 6.96. The molecule has 0 bridgehead atoms. The number of fused-ring (bicyclic) bond motifs is 5. The molecule has 3 saturated carbocycles. The molecule has 5 atom stereocenters. The van der Waals surface area contributed by atoms with E-state index in [1.54, 1.807) is 5.56 Å². The Balaban J connectivity index is 1.37. The number of ether oxygens (including phenoxy) is 1. The monoisotopic (exact) mass is 380 g/mol. The summed E-state index contributed by atoms with van der Waals surface area (Å²) in [5.41, 5.74) is 2.44. The van der Waals surface area contributed by atoms with Gasteiger partial charge in [-0.2, -0.15) is 0 Å². The van der Waals surface area contributed by atoms with Crippen LogP contribution in [0.5, 0.6) is 5.75 Å². The average molecular weight is 381 g/mol. The molecule has 1 aromatic rings. The van der Waals surface area contributed by atoms with Gasteiger partial charge in [0.15, 0.2) is 0 Å². The minimum atomic E-state index is -0.666. The highest BCUT2D eigenvalue weighted by atomic mass is 16.5. The second-order valence-electron chi connectivity index (χ2n) is 10.3. The van der Waals surface area contributed by atoms with E-state index >= 15 is 0 Å².